The lowest BCUT2D eigenvalue weighted by Crippen LogP contribution is -2.28. The Labute approximate surface area is 194 Å². The molecule has 0 aliphatic rings. The molecule has 33 heavy (non-hydrogen) atoms. The predicted molar refractivity (Wildman–Crippen MR) is 127 cm³/mol. The van der Waals surface area contributed by atoms with Crippen molar-refractivity contribution < 1.29 is 27.6 Å². The van der Waals surface area contributed by atoms with E-state index in [1.54, 1.807) is 19.9 Å². The van der Waals surface area contributed by atoms with Crippen LogP contribution in [0.2, 0.25) is 0 Å². The summed E-state index contributed by atoms with van der Waals surface area (Å²) in [4.78, 5) is 27.5. The lowest BCUT2D eigenvalue weighted by atomic mass is 10.1. The monoisotopic (exact) mass is 485 g/mol. The SMILES string of the molecule is CCC(=O)NCCONCc1cc(C=O)c(Nc2ccc(C)cc2F)c(F)c1F.CCPC. The minimum Gasteiger partial charge on any atom is -0.354 e. The highest BCUT2D eigenvalue weighted by atomic mass is 31.1. The maximum absolute atomic E-state index is 14.5. The molecule has 3 N–H and O–H groups in total. The van der Waals surface area contributed by atoms with Gasteiger partial charge < -0.3 is 10.6 Å². The van der Waals surface area contributed by atoms with Crippen molar-refractivity contribution in [1.82, 2.24) is 10.8 Å². The van der Waals surface area contributed by atoms with Crippen LogP contribution in [0, 0.1) is 24.4 Å². The van der Waals surface area contributed by atoms with Crippen molar-refractivity contribution in [3.05, 3.63) is 58.4 Å². The number of carbonyl (C=O) groups excluding carboxylic acids is 2. The summed E-state index contributed by atoms with van der Waals surface area (Å²) in [5.74, 6) is -3.29. The molecule has 0 aromatic heterocycles. The molecule has 0 heterocycles. The Morgan fingerprint density at radius 1 is 1.15 bits per heavy atom. The van der Waals surface area contributed by atoms with Crippen molar-refractivity contribution >= 4 is 32.1 Å². The van der Waals surface area contributed by atoms with Crippen LogP contribution in [-0.4, -0.2) is 38.2 Å². The van der Waals surface area contributed by atoms with E-state index in [0.717, 1.165) is 14.6 Å². The fourth-order valence-corrected chi connectivity index (χ4v) is 2.47. The number of anilines is 2. The molecule has 182 valence electrons. The van der Waals surface area contributed by atoms with Gasteiger partial charge in [-0.1, -0.05) is 19.9 Å². The first kappa shape index (κ1) is 28.6. The van der Waals surface area contributed by atoms with Gasteiger partial charge in [0.1, 0.15) is 5.82 Å². The standard InChI is InChI=1S/C20H22F3N3O3.C3H9P/c1-3-17(28)24-6-7-29-25-10-13-9-14(11-27)20(19(23)18(13)22)26-16-5-4-12(2)8-15(16)21;1-3-4-2/h4-5,8-9,11,25-26H,3,6-7,10H2,1-2H3,(H,24,28);4H,3H2,1-2H3. The first-order valence-corrected chi connectivity index (χ1v) is 12.2. The number of aldehydes is 1. The molecular weight excluding hydrogens is 454 g/mol. The molecule has 6 nitrogen and oxygen atoms in total. The number of aryl methyl sites for hydroxylation is 1. The third kappa shape index (κ3) is 9.50. The highest BCUT2D eigenvalue weighted by molar-refractivity contribution is 7.36. The molecule has 1 atom stereocenters. The normalized spacial score (nSPS) is 10.6. The molecule has 1 unspecified atom stereocenters. The number of amides is 1. The number of halogens is 3. The molecular formula is C23H31F3N3O3P. The van der Waals surface area contributed by atoms with Crippen LogP contribution < -0.4 is 16.1 Å². The first-order valence-electron chi connectivity index (χ1n) is 10.5. The number of carbonyl (C=O) groups is 2. The van der Waals surface area contributed by atoms with E-state index in [-0.39, 0.29) is 42.4 Å². The van der Waals surface area contributed by atoms with Gasteiger partial charge in [0.05, 0.1) is 18.0 Å². The van der Waals surface area contributed by atoms with Gasteiger partial charge in [-0.3, -0.25) is 14.4 Å². The fourth-order valence-electron chi connectivity index (χ4n) is 2.47. The van der Waals surface area contributed by atoms with Gasteiger partial charge in [0, 0.05) is 30.6 Å². The van der Waals surface area contributed by atoms with Gasteiger partial charge in [0.15, 0.2) is 17.9 Å². The Morgan fingerprint density at radius 3 is 2.42 bits per heavy atom. The zero-order chi connectivity index (χ0) is 24.8. The summed E-state index contributed by atoms with van der Waals surface area (Å²) in [5.41, 5.74) is 2.25. The summed E-state index contributed by atoms with van der Waals surface area (Å²) in [6.45, 7) is 7.94. The number of hydrogen-bond donors (Lipinski definition) is 3. The number of rotatable bonds is 11. The number of nitrogens with one attached hydrogen (secondary N) is 3. The number of hydrogen-bond acceptors (Lipinski definition) is 5. The molecule has 0 bridgehead atoms. The lowest BCUT2D eigenvalue weighted by Gasteiger charge is -2.15. The summed E-state index contributed by atoms with van der Waals surface area (Å²) in [6.07, 6.45) is 2.04. The van der Waals surface area contributed by atoms with Crippen LogP contribution in [0.4, 0.5) is 24.5 Å². The third-order valence-corrected chi connectivity index (χ3v) is 5.10. The van der Waals surface area contributed by atoms with Crippen molar-refractivity contribution in [3.63, 3.8) is 0 Å². The molecule has 10 heteroatoms. The van der Waals surface area contributed by atoms with Crippen LogP contribution in [0.3, 0.4) is 0 Å². The Kier molecular flexibility index (Phi) is 13.3. The average molecular weight is 485 g/mol. The average Bonchev–Trinajstić information content (AvgIpc) is 2.81. The van der Waals surface area contributed by atoms with Crippen molar-refractivity contribution in [1.29, 1.82) is 0 Å². The van der Waals surface area contributed by atoms with E-state index in [2.05, 4.69) is 29.7 Å². The van der Waals surface area contributed by atoms with Gasteiger partial charge in [-0.25, -0.2) is 13.2 Å². The Hall–Kier alpha value is -2.48. The fraction of sp³-hybridized carbons (Fsp3) is 0.391. The van der Waals surface area contributed by atoms with Crippen LogP contribution in [0.25, 0.3) is 0 Å². The van der Waals surface area contributed by atoms with E-state index >= 15 is 0 Å². The van der Waals surface area contributed by atoms with E-state index < -0.39 is 23.1 Å². The molecule has 1 amide bonds. The maximum Gasteiger partial charge on any atom is 0.219 e. The molecule has 0 aliphatic heterocycles. The summed E-state index contributed by atoms with van der Waals surface area (Å²) in [6, 6.07) is 5.35. The van der Waals surface area contributed by atoms with Crippen molar-refractivity contribution in [2.45, 2.75) is 33.7 Å². The predicted octanol–water partition coefficient (Wildman–Crippen LogP) is 4.83. The first-order chi connectivity index (χ1) is 15.8. The minimum atomic E-state index is -1.30. The smallest absolute Gasteiger partial charge is 0.219 e. The molecule has 2 aromatic rings. The molecule has 2 rings (SSSR count). The van der Waals surface area contributed by atoms with Crippen LogP contribution in [0.15, 0.2) is 24.3 Å². The Morgan fingerprint density at radius 2 is 1.85 bits per heavy atom. The molecule has 0 spiro atoms. The molecule has 0 aliphatic carbocycles. The number of hydroxylamine groups is 1. The number of benzene rings is 2. The van der Waals surface area contributed by atoms with Crippen molar-refractivity contribution in [2.75, 3.05) is 31.3 Å². The minimum absolute atomic E-state index is 0.0830. The topological polar surface area (TPSA) is 79.5 Å². The molecule has 0 saturated carbocycles. The van der Waals surface area contributed by atoms with Crippen LogP contribution in [0.1, 0.15) is 41.8 Å². The quantitative estimate of drug-likeness (QED) is 0.184. The van der Waals surface area contributed by atoms with Crippen molar-refractivity contribution in [3.8, 4) is 0 Å². The highest BCUT2D eigenvalue weighted by Gasteiger charge is 2.19. The van der Waals surface area contributed by atoms with E-state index in [1.807, 2.05) is 0 Å². The van der Waals surface area contributed by atoms with E-state index in [0.29, 0.717) is 18.3 Å². The summed E-state index contributed by atoms with van der Waals surface area (Å²) >= 11 is 0. The van der Waals surface area contributed by atoms with Crippen LogP contribution >= 0.6 is 8.58 Å². The van der Waals surface area contributed by atoms with Gasteiger partial charge in [-0.05, 0) is 43.5 Å². The molecule has 0 saturated heterocycles. The second kappa shape index (κ2) is 15.4. The molecule has 0 radical (unpaired) electrons. The van der Waals surface area contributed by atoms with Gasteiger partial charge in [-0.2, -0.15) is 5.48 Å². The van der Waals surface area contributed by atoms with E-state index in [9.17, 15) is 22.8 Å². The second-order valence-corrected chi connectivity index (χ2v) is 8.35. The van der Waals surface area contributed by atoms with E-state index in [4.69, 9.17) is 4.84 Å². The summed E-state index contributed by atoms with van der Waals surface area (Å²) in [7, 11) is 1.14. The van der Waals surface area contributed by atoms with Gasteiger partial charge in [-0.15, -0.1) is 8.58 Å². The Balaban J connectivity index is 0.00000125. The third-order valence-electron chi connectivity index (χ3n) is 4.39. The second-order valence-electron chi connectivity index (χ2n) is 6.93. The van der Waals surface area contributed by atoms with Gasteiger partial charge in [0.25, 0.3) is 0 Å². The van der Waals surface area contributed by atoms with E-state index in [1.165, 1.54) is 18.3 Å². The molecule has 2 aromatic carbocycles. The largest absolute Gasteiger partial charge is 0.354 e. The molecule has 0 fully saturated rings. The maximum atomic E-state index is 14.5. The van der Waals surface area contributed by atoms with Crippen molar-refractivity contribution in [2.24, 2.45) is 0 Å². The zero-order valence-corrected chi connectivity index (χ0v) is 20.3. The van der Waals surface area contributed by atoms with Gasteiger partial charge in [0.2, 0.25) is 5.91 Å². The van der Waals surface area contributed by atoms with Crippen LogP contribution in [0.5, 0.6) is 0 Å². The highest BCUT2D eigenvalue weighted by Crippen LogP contribution is 2.29. The summed E-state index contributed by atoms with van der Waals surface area (Å²) < 4.78 is 42.9. The van der Waals surface area contributed by atoms with Gasteiger partial charge >= 0.3 is 0 Å². The Bertz CT molecular complexity index is 928. The summed E-state index contributed by atoms with van der Waals surface area (Å²) in [5, 5.41) is 5.03. The lowest BCUT2D eigenvalue weighted by molar-refractivity contribution is -0.121. The zero-order valence-electron chi connectivity index (χ0n) is 19.3. The van der Waals surface area contributed by atoms with Crippen LogP contribution in [-0.2, 0) is 16.2 Å².